The number of hydrogen-bond donors (Lipinski definition) is 2. The minimum absolute atomic E-state index is 0.0550. The third kappa shape index (κ3) is 3.93. The second-order valence-electron chi connectivity index (χ2n) is 5.74. The molecule has 0 atom stereocenters. The Bertz CT molecular complexity index is 1010. The van der Waals surface area contributed by atoms with Crippen LogP contribution in [-0.4, -0.2) is 29.1 Å². The lowest BCUT2D eigenvalue weighted by atomic mass is 10.2. The van der Waals surface area contributed by atoms with E-state index in [-0.39, 0.29) is 23.1 Å². The van der Waals surface area contributed by atoms with Crippen LogP contribution in [0, 0.1) is 17.0 Å². The highest BCUT2D eigenvalue weighted by Crippen LogP contribution is 2.34. The molecule has 3 aromatic rings. The van der Waals surface area contributed by atoms with Gasteiger partial charge in [-0.05, 0) is 31.2 Å². The predicted octanol–water partition coefficient (Wildman–Crippen LogP) is 4.20. The lowest BCUT2D eigenvalue weighted by Crippen LogP contribution is -2.08. The zero-order chi connectivity index (χ0) is 20.1. The van der Waals surface area contributed by atoms with E-state index in [0.29, 0.717) is 22.9 Å². The maximum absolute atomic E-state index is 11.6. The predicted molar refractivity (Wildman–Crippen MR) is 106 cm³/mol. The van der Waals surface area contributed by atoms with E-state index in [1.165, 1.54) is 7.11 Å². The topological polar surface area (TPSA) is 111 Å². The summed E-state index contributed by atoms with van der Waals surface area (Å²) in [5.74, 6) is 1.39. The molecule has 2 N–H and O–H groups in total. The van der Waals surface area contributed by atoms with Gasteiger partial charge < -0.3 is 20.1 Å². The quantitative estimate of drug-likeness (QED) is 0.463. The first-order valence-electron chi connectivity index (χ1n) is 8.36. The average Bonchev–Trinajstić information content (AvgIpc) is 2.68. The standard InChI is InChI=1S/C19H19N5O4/c1-12-17(24(25)26)18(21-13-8-4-6-10-15(13)27-2)23-19(20-12)22-14-9-5-7-11-16(14)28-3/h4-11H,1-3H3,(H2,20,21,22,23). The normalized spacial score (nSPS) is 10.2. The summed E-state index contributed by atoms with van der Waals surface area (Å²) in [5.41, 5.74) is 1.20. The number of rotatable bonds is 7. The molecular formula is C19H19N5O4. The molecule has 1 heterocycles. The molecule has 0 fully saturated rings. The van der Waals surface area contributed by atoms with E-state index < -0.39 is 4.92 Å². The number of anilines is 4. The van der Waals surface area contributed by atoms with E-state index >= 15 is 0 Å². The summed E-state index contributed by atoms with van der Waals surface area (Å²) in [5, 5.41) is 17.6. The Labute approximate surface area is 161 Å². The molecule has 0 radical (unpaired) electrons. The number of nitrogens with zero attached hydrogens (tertiary/aromatic N) is 3. The SMILES string of the molecule is COc1ccccc1Nc1nc(C)c([N+](=O)[O-])c(Nc2ccccc2OC)n1. The number of nitro groups is 1. The number of hydrogen-bond acceptors (Lipinski definition) is 8. The van der Waals surface area contributed by atoms with Crippen LogP contribution in [0.25, 0.3) is 0 Å². The second-order valence-corrected chi connectivity index (χ2v) is 5.74. The van der Waals surface area contributed by atoms with Gasteiger partial charge in [-0.15, -0.1) is 0 Å². The van der Waals surface area contributed by atoms with Gasteiger partial charge in [-0.1, -0.05) is 24.3 Å². The van der Waals surface area contributed by atoms with Crippen molar-refractivity contribution in [1.29, 1.82) is 0 Å². The molecule has 144 valence electrons. The molecule has 3 rings (SSSR count). The van der Waals surface area contributed by atoms with Gasteiger partial charge in [-0.3, -0.25) is 10.1 Å². The number of nitrogens with one attached hydrogen (secondary N) is 2. The lowest BCUT2D eigenvalue weighted by Gasteiger charge is -2.14. The maximum Gasteiger partial charge on any atom is 0.332 e. The zero-order valence-corrected chi connectivity index (χ0v) is 15.6. The Morgan fingerprint density at radius 2 is 1.43 bits per heavy atom. The summed E-state index contributed by atoms with van der Waals surface area (Å²) in [4.78, 5) is 19.6. The molecule has 1 aromatic heterocycles. The summed E-state index contributed by atoms with van der Waals surface area (Å²) in [7, 11) is 3.08. The first-order chi connectivity index (χ1) is 13.5. The fraction of sp³-hybridized carbons (Fsp3) is 0.158. The van der Waals surface area contributed by atoms with Gasteiger partial charge in [0.25, 0.3) is 0 Å². The lowest BCUT2D eigenvalue weighted by molar-refractivity contribution is -0.385. The molecular weight excluding hydrogens is 362 g/mol. The molecule has 0 unspecified atom stereocenters. The van der Waals surface area contributed by atoms with Crippen LogP contribution in [0.3, 0.4) is 0 Å². The molecule has 0 aliphatic carbocycles. The van der Waals surface area contributed by atoms with Crippen LogP contribution in [0.15, 0.2) is 48.5 Å². The van der Waals surface area contributed by atoms with Crippen molar-refractivity contribution in [3.05, 3.63) is 64.3 Å². The number of benzene rings is 2. The van der Waals surface area contributed by atoms with Crippen molar-refractivity contribution >= 4 is 28.8 Å². The summed E-state index contributed by atoms with van der Waals surface area (Å²) in [6, 6.07) is 14.3. The van der Waals surface area contributed by atoms with E-state index in [1.807, 2.05) is 12.1 Å². The van der Waals surface area contributed by atoms with Crippen molar-refractivity contribution in [2.75, 3.05) is 24.9 Å². The molecule has 0 spiro atoms. The highest BCUT2D eigenvalue weighted by molar-refractivity contribution is 5.73. The first kappa shape index (κ1) is 18.9. The summed E-state index contributed by atoms with van der Waals surface area (Å²) in [6.07, 6.45) is 0. The van der Waals surface area contributed by atoms with Crippen LogP contribution in [0.4, 0.5) is 28.8 Å². The van der Waals surface area contributed by atoms with Crippen LogP contribution in [0.2, 0.25) is 0 Å². The van der Waals surface area contributed by atoms with E-state index in [1.54, 1.807) is 50.4 Å². The summed E-state index contributed by atoms with van der Waals surface area (Å²) >= 11 is 0. The van der Waals surface area contributed by atoms with E-state index in [4.69, 9.17) is 9.47 Å². The Balaban J connectivity index is 2.04. The van der Waals surface area contributed by atoms with E-state index in [0.717, 1.165) is 0 Å². The monoisotopic (exact) mass is 381 g/mol. The summed E-state index contributed by atoms with van der Waals surface area (Å²) < 4.78 is 10.6. The number of para-hydroxylation sites is 4. The number of aryl methyl sites for hydroxylation is 1. The largest absolute Gasteiger partial charge is 0.495 e. The van der Waals surface area contributed by atoms with Gasteiger partial charge >= 0.3 is 5.69 Å². The highest BCUT2D eigenvalue weighted by atomic mass is 16.6. The number of aromatic nitrogens is 2. The van der Waals surface area contributed by atoms with Gasteiger partial charge in [0, 0.05) is 0 Å². The zero-order valence-electron chi connectivity index (χ0n) is 15.6. The molecule has 9 heteroatoms. The fourth-order valence-electron chi connectivity index (χ4n) is 2.67. The highest BCUT2D eigenvalue weighted by Gasteiger charge is 2.23. The number of ether oxygens (including phenoxy) is 2. The third-order valence-electron chi connectivity index (χ3n) is 3.95. The molecule has 0 aliphatic heterocycles. The molecule has 0 saturated carbocycles. The van der Waals surface area contributed by atoms with E-state index in [2.05, 4.69) is 20.6 Å². The Morgan fingerprint density at radius 1 is 0.893 bits per heavy atom. The van der Waals surface area contributed by atoms with Crippen molar-refractivity contribution in [3.63, 3.8) is 0 Å². The first-order valence-corrected chi connectivity index (χ1v) is 8.36. The maximum atomic E-state index is 11.6. The fourth-order valence-corrected chi connectivity index (χ4v) is 2.67. The Kier molecular flexibility index (Phi) is 5.54. The molecule has 0 bridgehead atoms. The van der Waals surface area contributed by atoms with Crippen molar-refractivity contribution in [2.45, 2.75) is 6.92 Å². The van der Waals surface area contributed by atoms with Gasteiger partial charge in [0.1, 0.15) is 17.2 Å². The molecule has 28 heavy (non-hydrogen) atoms. The molecule has 0 saturated heterocycles. The van der Waals surface area contributed by atoms with Crippen LogP contribution in [0.5, 0.6) is 11.5 Å². The summed E-state index contributed by atoms with van der Waals surface area (Å²) in [6.45, 7) is 1.56. The molecule has 0 aliphatic rings. The van der Waals surface area contributed by atoms with Crippen LogP contribution in [0.1, 0.15) is 5.69 Å². The van der Waals surface area contributed by atoms with Crippen LogP contribution in [-0.2, 0) is 0 Å². The van der Waals surface area contributed by atoms with E-state index in [9.17, 15) is 10.1 Å². The number of methoxy groups -OCH3 is 2. The molecule has 2 aromatic carbocycles. The van der Waals surface area contributed by atoms with Gasteiger partial charge in [-0.2, -0.15) is 4.98 Å². The van der Waals surface area contributed by atoms with Gasteiger partial charge in [0.05, 0.1) is 30.5 Å². The van der Waals surface area contributed by atoms with Crippen molar-refractivity contribution in [1.82, 2.24) is 9.97 Å². The Hall–Kier alpha value is -3.88. The third-order valence-corrected chi connectivity index (χ3v) is 3.95. The second kappa shape index (κ2) is 8.21. The molecule has 9 nitrogen and oxygen atoms in total. The van der Waals surface area contributed by atoms with Crippen LogP contribution >= 0.6 is 0 Å². The van der Waals surface area contributed by atoms with Crippen LogP contribution < -0.4 is 20.1 Å². The van der Waals surface area contributed by atoms with Crippen molar-refractivity contribution in [3.8, 4) is 11.5 Å². The average molecular weight is 381 g/mol. The smallest absolute Gasteiger partial charge is 0.332 e. The Morgan fingerprint density at radius 3 is 1.96 bits per heavy atom. The van der Waals surface area contributed by atoms with Gasteiger partial charge in [0.2, 0.25) is 11.8 Å². The van der Waals surface area contributed by atoms with Crippen molar-refractivity contribution in [2.24, 2.45) is 0 Å². The van der Waals surface area contributed by atoms with Crippen molar-refractivity contribution < 1.29 is 14.4 Å². The molecule has 0 amide bonds. The van der Waals surface area contributed by atoms with Gasteiger partial charge in [0.15, 0.2) is 0 Å². The minimum Gasteiger partial charge on any atom is -0.495 e. The van der Waals surface area contributed by atoms with Gasteiger partial charge in [-0.25, -0.2) is 4.98 Å². The minimum atomic E-state index is -0.514.